The van der Waals surface area contributed by atoms with E-state index in [4.69, 9.17) is 0 Å². The molecule has 2 aliphatic rings. The van der Waals surface area contributed by atoms with Gasteiger partial charge in [0.25, 0.3) is 0 Å². The summed E-state index contributed by atoms with van der Waals surface area (Å²) in [6.07, 6.45) is 4.26. The SMILES string of the molecule is Cc1c(O)c2c(c(O)c1N1CCCC1)C(=O)C=CC2=O. The Morgan fingerprint density at radius 1 is 0.950 bits per heavy atom. The highest BCUT2D eigenvalue weighted by Crippen LogP contribution is 2.45. The highest BCUT2D eigenvalue weighted by atomic mass is 16.3. The van der Waals surface area contributed by atoms with Gasteiger partial charge in [-0.25, -0.2) is 0 Å². The number of phenols is 2. The topological polar surface area (TPSA) is 77.8 Å². The van der Waals surface area contributed by atoms with Gasteiger partial charge in [-0.05, 0) is 31.9 Å². The Hall–Kier alpha value is -2.30. The van der Waals surface area contributed by atoms with Crippen molar-refractivity contribution in [3.8, 4) is 11.5 Å². The van der Waals surface area contributed by atoms with Gasteiger partial charge in [-0.2, -0.15) is 0 Å². The molecule has 0 amide bonds. The number of aromatic hydroxyl groups is 2. The highest BCUT2D eigenvalue weighted by Gasteiger charge is 2.32. The van der Waals surface area contributed by atoms with E-state index in [1.165, 1.54) is 0 Å². The second-order valence-electron chi connectivity index (χ2n) is 5.18. The molecule has 0 aromatic heterocycles. The van der Waals surface area contributed by atoms with Crippen molar-refractivity contribution in [3.63, 3.8) is 0 Å². The van der Waals surface area contributed by atoms with E-state index in [0.717, 1.165) is 38.1 Å². The lowest BCUT2D eigenvalue weighted by Gasteiger charge is -2.25. The molecule has 0 unspecified atom stereocenters. The van der Waals surface area contributed by atoms with Crippen LogP contribution in [0.2, 0.25) is 0 Å². The van der Waals surface area contributed by atoms with Gasteiger partial charge in [0.1, 0.15) is 5.75 Å². The standard InChI is InChI=1S/C15H15NO4/c1-8-13(16-6-2-3-7-16)15(20)12-10(18)5-4-9(17)11(12)14(8)19/h4-5,19-20H,2-3,6-7H2,1H3. The van der Waals surface area contributed by atoms with E-state index in [1.807, 2.05) is 4.90 Å². The Morgan fingerprint density at radius 2 is 1.45 bits per heavy atom. The Kier molecular flexibility index (Phi) is 2.78. The van der Waals surface area contributed by atoms with Crippen molar-refractivity contribution in [2.75, 3.05) is 18.0 Å². The Bertz CT molecular complexity index is 655. The first-order valence-electron chi connectivity index (χ1n) is 6.62. The van der Waals surface area contributed by atoms with Crippen LogP contribution >= 0.6 is 0 Å². The molecule has 1 aromatic rings. The first kappa shape index (κ1) is 12.7. The van der Waals surface area contributed by atoms with E-state index >= 15 is 0 Å². The van der Waals surface area contributed by atoms with E-state index in [0.29, 0.717) is 11.3 Å². The van der Waals surface area contributed by atoms with Crippen molar-refractivity contribution in [1.82, 2.24) is 0 Å². The van der Waals surface area contributed by atoms with Gasteiger partial charge in [0, 0.05) is 18.7 Å². The van der Waals surface area contributed by atoms with Crippen LogP contribution in [-0.4, -0.2) is 34.9 Å². The number of ketones is 2. The van der Waals surface area contributed by atoms with Crippen molar-refractivity contribution >= 4 is 17.3 Å². The van der Waals surface area contributed by atoms with Gasteiger partial charge in [0.05, 0.1) is 16.8 Å². The number of allylic oxidation sites excluding steroid dienone is 2. The minimum atomic E-state index is -0.455. The molecular weight excluding hydrogens is 258 g/mol. The second kappa shape index (κ2) is 4.37. The van der Waals surface area contributed by atoms with E-state index < -0.39 is 11.6 Å². The Balaban J connectivity index is 2.30. The van der Waals surface area contributed by atoms with Gasteiger partial charge in [0.15, 0.2) is 17.3 Å². The lowest BCUT2D eigenvalue weighted by molar-refractivity contribution is 0.0989. The lowest BCUT2D eigenvalue weighted by atomic mass is 9.89. The Labute approximate surface area is 116 Å². The summed E-state index contributed by atoms with van der Waals surface area (Å²) in [6, 6.07) is 0. The number of hydrogen-bond donors (Lipinski definition) is 2. The molecule has 0 saturated carbocycles. The summed E-state index contributed by atoms with van der Waals surface area (Å²) in [4.78, 5) is 25.8. The summed E-state index contributed by atoms with van der Waals surface area (Å²) in [5.74, 6) is -1.31. The van der Waals surface area contributed by atoms with Crippen molar-refractivity contribution < 1.29 is 19.8 Å². The van der Waals surface area contributed by atoms with Crippen molar-refractivity contribution in [2.24, 2.45) is 0 Å². The average Bonchev–Trinajstić information content (AvgIpc) is 2.92. The largest absolute Gasteiger partial charge is 0.507 e. The number of fused-ring (bicyclic) bond motifs is 1. The molecule has 1 aromatic carbocycles. The number of benzene rings is 1. The maximum absolute atomic E-state index is 12.0. The molecule has 1 aliphatic heterocycles. The van der Waals surface area contributed by atoms with E-state index in [1.54, 1.807) is 6.92 Å². The number of rotatable bonds is 1. The summed E-state index contributed by atoms with van der Waals surface area (Å²) >= 11 is 0. The number of anilines is 1. The predicted molar refractivity (Wildman–Crippen MR) is 73.8 cm³/mol. The molecule has 0 radical (unpaired) electrons. The van der Waals surface area contributed by atoms with E-state index in [9.17, 15) is 19.8 Å². The molecule has 5 nitrogen and oxygen atoms in total. The van der Waals surface area contributed by atoms with Gasteiger partial charge < -0.3 is 15.1 Å². The maximum atomic E-state index is 12.0. The normalized spacial score (nSPS) is 17.8. The highest BCUT2D eigenvalue weighted by molar-refractivity contribution is 6.25. The molecule has 1 aliphatic carbocycles. The zero-order valence-electron chi connectivity index (χ0n) is 11.1. The van der Waals surface area contributed by atoms with Gasteiger partial charge >= 0.3 is 0 Å². The first-order valence-corrected chi connectivity index (χ1v) is 6.62. The smallest absolute Gasteiger partial charge is 0.190 e. The van der Waals surface area contributed by atoms with Crippen LogP contribution in [0.1, 0.15) is 39.1 Å². The summed E-state index contributed by atoms with van der Waals surface area (Å²) in [5, 5.41) is 20.7. The van der Waals surface area contributed by atoms with Crippen LogP contribution in [0.3, 0.4) is 0 Å². The molecule has 2 N–H and O–H groups in total. The number of phenolic OH excluding ortho intramolecular Hbond substituents is 2. The lowest BCUT2D eigenvalue weighted by Crippen LogP contribution is -2.22. The maximum Gasteiger partial charge on any atom is 0.190 e. The molecule has 1 saturated heterocycles. The zero-order valence-corrected chi connectivity index (χ0v) is 11.1. The Morgan fingerprint density at radius 3 is 2.00 bits per heavy atom. The monoisotopic (exact) mass is 273 g/mol. The van der Waals surface area contributed by atoms with Crippen molar-refractivity contribution in [1.29, 1.82) is 0 Å². The molecule has 5 heteroatoms. The number of hydrogen-bond acceptors (Lipinski definition) is 5. The van der Waals surface area contributed by atoms with E-state index in [2.05, 4.69) is 0 Å². The minimum absolute atomic E-state index is 0.0810. The van der Waals surface area contributed by atoms with Crippen LogP contribution < -0.4 is 4.90 Å². The molecule has 3 rings (SSSR count). The fraction of sp³-hybridized carbons (Fsp3) is 0.333. The molecular formula is C15H15NO4. The molecule has 1 heterocycles. The number of nitrogens with zero attached hydrogens (tertiary/aromatic N) is 1. The van der Waals surface area contributed by atoms with Gasteiger partial charge in [-0.3, -0.25) is 9.59 Å². The molecule has 1 fully saturated rings. The van der Waals surface area contributed by atoms with Crippen LogP contribution in [0.5, 0.6) is 11.5 Å². The first-order chi connectivity index (χ1) is 9.52. The summed E-state index contributed by atoms with van der Waals surface area (Å²) < 4.78 is 0. The van der Waals surface area contributed by atoms with Gasteiger partial charge in [0.2, 0.25) is 0 Å². The third-order valence-electron chi connectivity index (χ3n) is 3.96. The van der Waals surface area contributed by atoms with Crippen LogP contribution in [0, 0.1) is 6.92 Å². The zero-order chi connectivity index (χ0) is 14.4. The van der Waals surface area contributed by atoms with Crippen LogP contribution in [0.15, 0.2) is 12.2 Å². The molecule has 0 spiro atoms. The third-order valence-corrected chi connectivity index (χ3v) is 3.96. The van der Waals surface area contributed by atoms with Crippen LogP contribution in [-0.2, 0) is 0 Å². The fourth-order valence-electron chi connectivity index (χ4n) is 2.96. The van der Waals surface area contributed by atoms with Crippen LogP contribution in [0.25, 0.3) is 0 Å². The average molecular weight is 273 g/mol. The van der Waals surface area contributed by atoms with Gasteiger partial charge in [-0.15, -0.1) is 0 Å². The molecule has 0 atom stereocenters. The van der Waals surface area contributed by atoms with Gasteiger partial charge in [-0.1, -0.05) is 0 Å². The number of carbonyl (C=O) groups excluding carboxylic acids is 2. The quantitative estimate of drug-likeness (QED) is 0.765. The van der Waals surface area contributed by atoms with Crippen LogP contribution in [0.4, 0.5) is 5.69 Å². The summed E-state index contributed by atoms with van der Waals surface area (Å²) in [6.45, 7) is 3.19. The molecule has 104 valence electrons. The third kappa shape index (κ3) is 1.62. The minimum Gasteiger partial charge on any atom is -0.507 e. The molecule has 0 bridgehead atoms. The number of carbonyl (C=O) groups is 2. The predicted octanol–water partition coefficient (Wildman–Crippen LogP) is 1.94. The fourth-order valence-corrected chi connectivity index (χ4v) is 2.96. The van der Waals surface area contributed by atoms with Crippen molar-refractivity contribution in [3.05, 3.63) is 28.8 Å². The molecule has 20 heavy (non-hydrogen) atoms. The summed E-state index contributed by atoms with van der Waals surface area (Å²) in [5.41, 5.74) is 0.743. The van der Waals surface area contributed by atoms with Crippen molar-refractivity contribution in [2.45, 2.75) is 19.8 Å². The second-order valence-corrected chi connectivity index (χ2v) is 5.18. The van der Waals surface area contributed by atoms with E-state index in [-0.39, 0.29) is 22.6 Å². The summed E-state index contributed by atoms with van der Waals surface area (Å²) in [7, 11) is 0.